The summed E-state index contributed by atoms with van der Waals surface area (Å²) in [6.45, 7) is 9.65. The molecule has 14 heavy (non-hydrogen) atoms. The molecule has 0 unspecified atom stereocenters. The van der Waals surface area contributed by atoms with Gasteiger partial charge in [-0.25, -0.2) is 0 Å². The van der Waals surface area contributed by atoms with Crippen molar-refractivity contribution in [3.63, 3.8) is 0 Å². The molecule has 1 saturated heterocycles. The monoisotopic (exact) mass is 198 g/mol. The zero-order valence-corrected chi connectivity index (χ0v) is 8.54. The summed E-state index contributed by atoms with van der Waals surface area (Å²) < 4.78 is 16.6. The topological polar surface area (TPSA) is 27.7 Å². The van der Waals surface area contributed by atoms with Gasteiger partial charge in [-0.15, -0.1) is 13.2 Å². The Kier molecular flexibility index (Phi) is 4.87. The maximum atomic E-state index is 5.65. The van der Waals surface area contributed by atoms with Gasteiger partial charge in [-0.2, -0.15) is 0 Å². The van der Waals surface area contributed by atoms with E-state index in [9.17, 15) is 0 Å². The van der Waals surface area contributed by atoms with Gasteiger partial charge in [0, 0.05) is 12.8 Å². The van der Waals surface area contributed by atoms with Gasteiger partial charge in [-0.3, -0.25) is 0 Å². The van der Waals surface area contributed by atoms with Crippen LogP contribution in [0.2, 0.25) is 0 Å². The van der Waals surface area contributed by atoms with Crippen LogP contribution in [0.15, 0.2) is 25.3 Å². The molecule has 0 saturated carbocycles. The van der Waals surface area contributed by atoms with Gasteiger partial charge in [0.25, 0.3) is 0 Å². The lowest BCUT2D eigenvalue weighted by molar-refractivity contribution is -0.258. The molecule has 80 valence electrons. The first kappa shape index (κ1) is 11.4. The van der Waals surface area contributed by atoms with E-state index in [0.717, 1.165) is 12.8 Å². The predicted molar refractivity (Wildman–Crippen MR) is 55.1 cm³/mol. The summed E-state index contributed by atoms with van der Waals surface area (Å²) in [5.41, 5.74) is 0. The highest BCUT2D eigenvalue weighted by Crippen LogP contribution is 2.26. The van der Waals surface area contributed by atoms with Gasteiger partial charge in [0.15, 0.2) is 5.79 Å². The maximum Gasteiger partial charge on any atom is 0.173 e. The maximum absolute atomic E-state index is 5.65. The Morgan fingerprint density at radius 1 is 1.07 bits per heavy atom. The molecule has 1 fully saturated rings. The van der Waals surface area contributed by atoms with Crippen molar-refractivity contribution in [1.29, 1.82) is 0 Å². The Morgan fingerprint density at radius 3 is 2.00 bits per heavy atom. The lowest BCUT2D eigenvalue weighted by atomic mass is 10.1. The smallest absolute Gasteiger partial charge is 0.173 e. The predicted octanol–water partition coefficient (Wildman–Crippen LogP) is 1.90. The molecule has 1 heterocycles. The van der Waals surface area contributed by atoms with E-state index in [2.05, 4.69) is 13.2 Å². The molecule has 1 aliphatic rings. The van der Waals surface area contributed by atoms with E-state index in [1.165, 1.54) is 0 Å². The molecule has 1 rings (SSSR count). The van der Waals surface area contributed by atoms with E-state index in [1.807, 2.05) is 0 Å². The third-order valence-electron chi connectivity index (χ3n) is 2.18. The number of hydrogen-bond donors (Lipinski definition) is 0. The average molecular weight is 198 g/mol. The zero-order valence-electron chi connectivity index (χ0n) is 8.54. The molecule has 1 aliphatic heterocycles. The molecule has 0 aromatic heterocycles. The standard InChI is InChI=1S/C11H18O3/c1-3-7-13-11(14-8-4-2)5-9-12-10-6-11/h3-4H,1-2,5-10H2. The Bertz CT molecular complexity index is 169. The van der Waals surface area contributed by atoms with Crippen LogP contribution in [0.3, 0.4) is 0 Å². The molecule has 3 heteroatoms. The van der Waals surface area contributed by atoms with Crippen LogP contribution in [0.5, 0.6) is 0 Å². The van der Waals surface area contributed by atoms with Crippen LogP contribution >= 0.6 is 0 Å². The Balaban J connectivity index is 2.46. The van der Waals surface area contributed by atoms with Gasteiger partial charge < -0.3 is 14.2 Å². The van der Waals surface area contributed by atoms with Gasteiger partial charge in [0.1, 0.15) is 0 Å². The first-order chi connectivity index (χ1) is 6.83. The SMILES string of the molecule is C=CCOC1(OCC=C)CCOCC1. The molecule has 0 amide bonds. The lowest BCUT2D eigenvalue weighted by Crippen LogP contribution is -2.42. The van der Waals surface area contributed by atoms with E-state index >= 15 is 0 Å². The summed E-state index contributed by atoms with van der Waals surface area (Å²) in [5, 5.41) is 0. The van der Waals surface area contributed by atoms with Crippen LogP contribution < -0.4 is 0 Å². The van der Waals surface area contributed by atoms with Crippen molar-refractivity contribution in [3.8, 4) is 0 Å². The summed E-state index contributed by atoms with van der Waals surface area (Å²) in [6.07, 6.45) is 5.01. The van der Waals surface area contributed by atoms with E-state index in [4.69, 9.17) is 14.2 Å². The fraction of sp³-hybridized carbons (Fsp3) is 0.636. The van der Waals surface area contributed by atoms with Gasteiger partial charge in [-0.1, -0.05) is 12.2 Å². The fourth-order valence-corrected chi connectivity index (χ4v) is 1.43. The molecule has 0 radical (unpaired) electrons. The summed E-state index contributed by atoms with van der Waals surface area (Å²) in [5.74, 6) is -0.485. The molecule has 0 N–H and O–H groups in total. The van der Waals surface area contributed by atoms with Crippen molar-refractivity contribution in [2.45, 2.75) is 18.6 Å². The van der Waals surface area contributed by atoms with E-state index in [0.29, 0.717) is 26.4 Å². The largest absolute Gasteiger partial charge is 0.381 e. The lowest BCUT2D eigenvalue weighted by Gasteiger charge is -2.36. The quantitative estimate of drug-likeness (QED) is 0.482. The van der Waals surface area contributed by atoms with E-state index in [1.54, 1.807) is 12.2 Å². The van der Waals surface area contributed by atoms with Crippen LogP contribution in [0, 0.1) is 0 Å². The van der Waals surface area contributed by atoms with Crippen molar-refractivity contribution >= 4 is 0 Å². The number of ether oxygens (including phenoxy) is 3. The van der Waals surface area contributed by atoms with Gasteiger partial charge in [-0.05, 0) is 0 Å². The van der Waals surface area contributed by atoms with Crippen LogP contribution in [0.1, 0.15) is 12.8 Å². The van der Waals surface area contributed by atoms with Crippen molar-refractivity contribution in [1.82, 2.24) is 0 Å². The van der Waals surface area contributed by atoms with Crippen molar-refractivity contribution < 1.29 is 14.2 Å². The minimum Gasteiger partial charge on any atom is -0.381 e. The van der Waals surface area contributed by atoms with Crippen LogP contribution in [-0.4, -0.2) is 32.2 Å². The Labute approximate surface area is 85.3 Å². The molecule has 0 aromatic rings. The minimum atomic E-state index is -0.485. The molecule has 0 bridgehead atoms. The molecule has 0 spiro atoms. The summed E-state index contributed by atoms with van der Waals surface area (Å²) in [4.78, 5) is 0. The van der Waals surface area contributed by atoms with E-state index in [-0.39, 0.29) is 0 Å². The van der Waals surface area contributed by atoms with Crippen LogP contribution in [0.25, 0.3) is 0 Å². The normalized spacial score (nSPS) is 20.3. The summed E-state index contributed by atoms with van der Waals surface area (Å²) >= 11 is 0. The van der Waals surface area contributed by atoms with E-state index < -0.39 is 5.79 Å². The highest BCUT2D eigenvalue weighted by molar-refractivity contribution is 4.78. The third-order valence-corrected chi connectivity index (χ3v) is 2.18. The molecular formula is C11H18O3. The second kappa shape index (κ2) is 5.96. The average Bonchev–Trinajstić information content (AvgIpc) is 2.25. The number of hydrogen-bond acceptors (Lipinski definition) is 3. The van der Waals surface area contributed by atoms with Gasteiger partial charge in [0.2, 0.25) is 0 Å². The van der Waals surface area contributed by atoms with Crippen molar-refractivity contribution in [2.75, 3.05) is 26.4 Å². The van der Waals surface area contributed by atoms with Crippen molar-refractivity contribution in [3.05, 3.63) is 25.3 Å². The van der Waals surface area contributed by atoms with Crippen LogP contribution in [-0.2, 0) is 14.2 Å². The second-order valence-corrected chi connectivity index (χ2v) is 3.22. The number of rotatable bonds is 6. The third kappa shape index (κ3) is 3.25. The van der Waals surface area contributed by atoms with Gasteiger partial charge in [0.05, 0.1) is 26.4 Å². The Hall–Kier alpha value is -0.640. The molecule has 0 aromatic carbocycles. The second-order valence-electron chi connectivity index (χ2n) is 3.22. The fourth-order valence-electron chi connectivity index (χ4n) is 1.43. The summed E-state index contributed by atoms with van der Waals surface area (Å²) in [6, 6.07) is 0. The first-order valence-electron chi connectivity index (χ1n) is 4.90. The first-order valence-corrected chi connectivity index (χ1v) is 4.90. The minimum absolute atomic E-state index is 0.485. The Morgan fingerprint density at radius 2 is 1.57 bits per heavy atom. The zero-order chi connectivity index (χ0) is 10.3. The highest BCUT2D eigenvalue weighted by atomic mass is 16.7. The molecule has 3 nitrogen and oxygen atoms in total. The van der Waals surface area contributed by atoms with Crippen molar-refractivity contribution in [2.24, 2.45) is 0 Å². The van der Waals surface area contributed by atoms with Gasteiger partial charge >= 0.3 is 0 Å². The molecular weight excluding hydrogens is 180 g/mol. The summed E-state index contributed by atoms with van der Waals surface area (Å²) in [7, 11) is 0. The molecule has 0 aliphatic carbocycles. The highest BCUT2D eigenvalue weighted by Gasteiger charge is 2.33. The van der Waals surface area contributed by atoms with Crippen LogP contribution in [0.4, 0.5) is 0 Å². The molecule has 0 atom stereocenters.